The summed E-state index contributed by atoms with van der Waals surface area (Å²) in [6.07, 6.45) is 3.59. The van der Waals surface area contributed by atoms with E-state index in [0.29, 0.717) is 76.9 Å². The minimum Gasteiger partial charge on any atom is -0.497 e. The van der Waals surface area contributed by atoms with Crippen LogP contribution in [0, 0.1) is 34.7 Å². The normalized spacial score (nSPS) is 18.3. The van der Waals surface area contributed by atoms with Crippen LogP contribution in [0.15, 0.2) is 36.5 Å². The van der Waals surface area contributed by atoms with Gasteiger partial charge in [0.1, 0.15) is 11.6 Å². The second kappa shape index (κ2) is 14.1. The van der Waals surface area contributed by atoms with E-state index in [1.807, 2.05) is 24.4 Å². The van der Waals surface area contributed by atoms with Crippen molar-refractivity contribution in [2.45, 2.75) is 38.3 Å². The summed E-state index contributed by atoms with van der Waals surface area (Å²) in [5, 5.41) is 23.0. The van der Waals surface area contributed by atoms with E-state index >= 15 is 0 Å². The van der Waals surface area contributed by atoms with Gasteiger partial charge in [0.2, 0.25) is 0 Å². The summed E-state index contributed by atoms with van der Waals surface area (Å²) in [6, 6.07) is 7.07. The zero-order valence-corrected chi connectivity index (χ0v) is 24.4. The Labute approximate surface area is 250 Å². The number of piperidine rings is 1. The van der Waals surface area contributed by atoms with Crippen molar-refractivity contribution < 1.29 is 32.9 Å². The number of aliphatic hydroxyl groups is 2. The maximum atomic E-state index is 13.9. The van der Waals surface area contributed by atoms with Crippen molar-refractivity contribution in [3.05, 3.63) is 70.7 Å². The van der Waals surface area contributed by atoms with Crippen molar-refractivity contribution >= 4 is 10.9 Å². The average Bonchev–Trinajstić information content (AvgIpc) is 3.03. The third-order valence-corrected chi connectivity index (χ3v) is 8.75. The zero-order valence-electron chi connectivity index (χ0n) is 24.4. The average molecular weight is 598 g/mol. The van der Waals surface area contributed by atoms with Crippen molar-refractivity contribution in [2.24, 2.45) is 5.41 Å². The first-order valence-electron chi connectivity index (χ1n) is 14.7. The van der Waals surface area contributed by atoms with Crippen LogP contribution in [0.25, 0.3) is 10.9 Å². The van der Waals surface area contributed by atoms with Gasteiger partial charge in [-0.1, -0.05) is 11.8 Å². The van der Waals surface area contributed by atoms with Crippen LogP contribution in [0.5, 0.6) is 5.75 Å². The van der Waals surface area contributed by atoms with E-state index in [1.54, 1.807) is 7.11 Å². The van der Waals surface area contributed by atoms with Gasteiger partial charge < -0.3 is 19.7 Å². The molecule has 10 heteroatoms. The number of methoxy groups -OCH3 is 1. The van der Waals surface area contributed by atoms with Crippen molar-refractivity contribution in [3.8, 4) is 17.6 Å². The standard InChI is InChI=1S/C33H38F3N3O4/c1-42-26-4-5-29-27(19-26)31(24(20-37-29)21-39-13-15-43-16-14-39)30(41)6-7-33(22-40)8-11-38(12-9-33)10-2-3-23-17-25(34)18-28(35)32(23)36/h4-5,17-20,30,40-41H,6-16,21-22H2,1H3. The Balaban J connectivity index is 1.26. The van der Waals surface area contributed by atoms with Crippen LogP contribution in [0.3, 0.4) is 0 Å². The van der Waals surface area contributed by atoms with Gasteiger partial charge in [0.15, 0.2) is 11.6 Å². The first kappa shape index (κ1) is 31.2. The Kier molecular flexibility index (Phi) is 10.2. The Morgan fingerprint density at radius 3 is 2.56 bits per heavy atom. The number of morpholine rings is 1. The van der Waals surface area contributed by atoms with E-state index in [2.05, 4.69) is 26.6 Å². The van der Waals surface area contributed by atoms with Gasteiger partial charge >= 0.3 is 0 Å². The molecule has 3 aromatic rings. The fraction of sp³-hybridized carbons (Fsp3) is 0.485. The highest BCUT2D eigenvalue weighted by atomic mass is 19.2. The lowest BCUT2D eigenvalue weighted by atomic mass is 9.74. The van der Waals surface area contributed by atoms with E-state index < -0.39 is 23.6 Å². The first-order valence-corrected chi connectivity index (χ1v) is 14.7. The van der Waals surface area contributed by atoms with Crippen molar-refractivity contribution in [2.75, 3.05) is 59.7 Å². The zero-order chi connectivity index (χ0) is 30.4. The van der Waals surface area contributed by atoms with Crippen LogP contribution in [-0.2, 0) is 11.3 Å². The molecule has 1 atom stereocenters. The lowest BCUT2D eigenvalue weighted by Crippen LogP contribution is -2.42. The van der Waals surface area contributed by atoms with E-state index in [9.17, 15) is 23.4 Å². The number of aromatic nitrogens is 1. The minimum absolute atomic E-state index is 0.00142. The number of nitrogens with zero attached hydrogens (tertiary/aromatic N) is 3. The molecule has 0 amide bonds. The SMILES string of the molecule is COc1ccc2ncc(CN3CCOCC3)c(C(O)CCC3(CO)CCN(CC#Cc4cc(F)cc(F)c4F)CC3)c2c1. The first-order chi connectivity index (χ1) is 20.8. The van der Waals surface area contributed by atoms with Crippen molar-refractivity contribution in [1.29, 1.82) is 0 Å². The highest BCUT2D eigenvalue weighted by Gasteiger charge is 2.35. The summed E-state index contributed by atoms with van der Waals surface area (Å²) in [5.74, 6) is 2.77. The molecule has 2 fully saturated rings. The van der Waals surface area contributed by atoms with Gasteiger partial charge in [-0.2, -0.15) is 0 Å². The Morgan fingerprint density at radius 2 is 1.84 bits per heavy atom. The quantitative estimate of drug-likeness (QED) is 0.279. The van der Waals surface area contributed by atoms with Crippen LogP contribution in [0.1, 0.15) is 48.5 Å². The second-order valence-corrected chi connectivity index (χ2v) is 11.5. The predicted octanol–water partition coefficient (Wildman–Crippen LogP) is 4.43. The molecular weight excluding hydrogens is 559 g/mol. The van der Waals surface area contributed by atoms with Gasteiger partial charge in [-0.3, -0.25) is 14.8 Å². The summed E-state index contributed by atoms with van der Waals surface area (Å²) in [4.78, 5) is 9.05. The molecule has 0 bridgehead atoms. The van der Waals surface area contributed by atoms with E-state index in [-0.39, 0.29) is 17.6 Å². The summed E-state index contributed by atoms with van der Waals surface area (Å²) >= 11 is 0. The number of aliphatic hydroxyl groups excluding tert-OH is 2. The Bertz CT molecular complexity index is 1480. The maximum Gasteiger partial charge on any atom is 0.174 e. The molecule has 5 rings (SSSR count). The molecule has 1 unspecified atom stereocenters. The van der Waals surface area contributed by atoms with Crippen LogP contribution < -0.4 is 4.74 Å². The van der Waals surface area contributed by atoms with Gasteiger partial charge in [-0.15, -0.1) is 0 Å². The number of likely N-dealkylation sites (tertiary alicyclic amines) is 1. The fourth-order valence-corrected chi connectivity index (χ4v) is 6.03. The molecule has 0 saturated carbocycles. The largest absolute Gasteiger partial charge is 0.497 e. The Morgan fingerprint density at radius 1 is 1.07 bits per heavy atom. The number of fused-ring (bicyclic) bond motifs is 1. The molecule has 2 N–H and O–H groups in total. The number of hydrogen-bond acceptors (Lipinski definition) is 7. The third kappa shape index (κ3) is 7.48. The molecule has 2 aliphatic heterocycles. The van der Waals surface area contributed by atoms with Gasteiger partial charge in [0, 0.05) is 43.9 Å². The molecule has 230 valence electrons. The Hall–Kier alpha value is -3.20. The second-order valence-electron chi connectivity index (χ2n) is 11.5. The molecule has 7 nitrogen and oxygen atoms in total. The summed E-state index contributed by atoms with van der Waals surface area (Å²) in [6.45, 7) is 5.26. The molecular formula is C33H38F3N3O4. The number of halogens is 3. The summed E-state index contributed by atoms with van der Waals surface area (Å²) < 4.78 is 51.8. The van der Waals surface area contributed by atoms with Crippen molar-refractivity contribution in [3.63, 3.8) is 0 Å². The third-order valence-electron chi connectivity index (χ3n) is 8.75. The maximum absolute atomic E-state index is 13.9. The van der Waals surface area contributed by atoms with Gasteiger partial charge in [0.05, 0.1) is 44.1 Å². The van der Waals surface area contributed by atoms with Crippen LogP contribution in [-0.4, -0.2) is 84.7 Å². The number of hydrogen-bond donors (Lipinski definition) is 2. The highest BCUT2D eigenvalue weighted by molar-refractivity contribution is 5.85. The van der Waals surface area contributed by atoms with Crippen LogP contribution >= 0.6 is 0 Å². The minimum atomic E-state index is -1.26. The molecule has 2 aromatic carbocycles. The van der Waals surface area contributed by atoms with Gasteiger partial charge in [0.25, 0.3) is 0 Å². The monoisotopic (exact) mass is 597 g/mol. The van der Waals surface area contributed by atoms with Gasteiger partial charge in [-0.05, 0) is 79.6 Å². The smallest absolute Gasteiger partial charge is 0.174 e. The van der Waals surface area contributed by atoms with E-state index in [4.69, 9.17) is 9.47 Å². The number of ether oxygens (including phenoxy) is 2. The highest BCUT2D eigenvalue weighted by Crippen LogP contribution is 2.40. The van der Waals surface area contributed by atoms with E-state index in [0.717, 1.165) is 41.2 Å². The molecule has 0 spiro atoms. The molecule has 0 aliphatic carbocycles. The number of pyridine rings is 1. The summed E-state index contributed by atoms with van der Waals surface area (Å²) in [7, 11) is 1.62. The number of benzene rings is 2. The van der Waals surface area contributed by atoms with E-state index in [1.165, 1.54) is 0 Å². The lowest BCUT2D eigenvalue weighted by molar-refractivity contribution is 0.0262. The molecule has 2 saturated heterocycles. The molecule has 43 heavy (non-hydrogen) atoms. The number of rotatable bonds is 9. The predicted molar refractivity (Wildman–Crippen MR) is 157 cm³/mol. The fourth-order valence-electron chi connectivity index (χ4n) is 6.03. The molecule has 3 heterocycles. The summed E-state index contributed by atoms with van der Waals surface area (Å²) in [5.41, 5.74) is 1.94. The van der Waals surface area contributed by atoms with Crippen LogP contribution in [0.2, 0.25) is 0 Å². The molecule has 0 radical (unpaired) electrons. The lowest BCUT2D eigenvalue weighted by Gasteiger charge is -2.40. The molecule has 2 aliphatic rings. The van der Waals surface area contributed by atoms with Crippen molar-refractivity contribution in [1.82, 2.24) is 14.8 Å². The topological polar surface area (TPSA) is 78.3 Å². The molecule has 1 aromatic heterocycles. The van der Waals surface area contributed by atoms with Crippen LogP contribution in [0.4, 0.5) is 13.2 Å². The van der Waals surface area contributed by atoms with Gasteiger partial charge in [-0.25, -0.2) is 13.2 Å².